The van der Waals surface area contributed by atoms with Crippen molar-refractivity contribution >= 4 is 35.0 Å². The fourth-order valence-corrected chi connectivity index (χ4v) is 2.77. The van der Waals surface area contributed by atoms with E-state index < -0.39 is 30.0 Å². The number of nitrogens with one attached hydrogen (secondary N) is 1. The zero-order chi connectivity index (χ0) is 16.8. The highest BCUT2D eigenvalue weighted by atomic mass is 32.1. The minimum absolute atomic E-state index is 0.414. The second-order valence-electron chi connectivity index (χ2n) is 7.42. The van der Waals surface area contributed by atoms with Gasteiger partial charge in [0, 0.05) is 5.46 Å². The van der Waals surface area contributed by atoms with Crippen LogP contribution in [-0.4, -0.2) is 30.0 Å². The molecule has 1 N–H and O–H groups in total. The van der Waals surface area contributed by atoms with Crippen molar-refractivity contribution in [3.05, 3.63) is 11.4 Å². The predicted octanol–water partition coefficient (Wildman–Crippen LogP) is 3.39. The fourth-order valence-electron chi connectivity index (χ4n) is 1.97. The van der Waals surface area contributed by atoms with Gasteiger partial charge in [0.1, 0.15) is 5.60 Å². The molecule has 0 atom stereocenters. The molecule has 2 rings (SSSR count). The molecule has 5 nitrogen and oxygen atoms in total. The van der Waals surface area contributed by atoms with Crippen LogP contribution in [0.5, 0.6) is 0 Å². The van der Waals surface area contributed by atoms with Gasteiger partial charge in [-0.25, -0.2) is 4.79 Å². The quantitative estimate of drug-likeness (QED) is 0.847. The van der Waals surface area contributed by atoms with Gasteiger partial charge in [0.2, 0.25) is 0 Å². The van der Waals surface area contributed by atoms with Gasteiger partial charge >= 0.3 is 13.2 Å². The summed E-state index contributed by atoms with van der Waals surface area (Å²) in [6.45, 7) is 13.5. The average molecular weight is 325 g/mol. The summed E-state index contributed by atoms with van der Waals surface area (Å²) in [6.07, 6.45) is -0.479. The smallest absolute Gasteiger partial charge is 0.444 e. The second kappa shape index (κ2) is 5.55. The maximum absolute atomic E-state index is 11.9. The van der Waals surface area contributed by atoms with E-state index in [0.29, 0.717) is 5.00 Å². The minimum Gasteiger partial charge on any atom is -0.444 e. The number of rotatable bonds is 2. The third kappa shape index (κ3) is 3.64. The van der Waals surface area contributed by atoms with Crippen LogP contribution in [0.2, 0.25) is 0 Å². The van der Waals surface area contributed by atoms with E-state index in [2.05, 4.69) is 5.32 Å². The molecule has 22 heavy (non-hydrogen) atoms. The lowest BCUT2D eigenvalue weighted by molar-refractivity contribution is 0.00578. The molecule has 0 radical (unpaired) electrons. The van der Waals surface area contributed by atoms with Crippen molar-refractivity contribution in [2.45, 2.75) is 65.3 Å². The van der Waals surface area contributed by atoms with Gasteiger partial charge in [0.15, 0.2) is 0 Å². The monoisotopic (exact) mass is 325 g/mol. The molecule has 1 amide bonds. The molecule has 1 aromatic heterocycles. The number of ether oxygens (including phenoxy) is 1. The Morgan fingerprint density at radius 2 is 1.77 bits per heavy atom. The number of hydrogen-bond acceptors (Lipinski definition) is 5. The van der Waals surface area contributed by atoms with Gasteiger partial charge in [-0.05, 0) is 59.9 Å². The molecule has 7 heteroatoms. The second-order valence-corrected chi connectivity index (χ2v) is 8.34. The summed E-state index contributed by atoms with van der Waals surface area (Å²) >= 11 is 1.42. The summed E-state index contributed by atoms with van der Waals surface area (Å²) in [5, 5.41) is 5.36. The molecule has 1 aromatic rings. The Hall–Kier alpha value is -1.05. The van der Waals surface area contributed by atoms with Gasteiger partial charge in [-0.1, -0.05) is 0 Å². The van der Waals surface area contributed by atoms with Crippen molar-refractivity contribution < 1.29 is 18.8 Å². The number of anilines is 1. The molecule has 1 aliphatic heterocycles. The topological polar surface area (TPSA) is 56.8 Å². The first-order valence-electron chi connectivity index (χ1n) is 7.34. The van der Waals surface area contributed by atoms with E-state index in [1.165, 1.54) is 11.3 Å². The Kier molecular flexibility index (Phi) is 4.36. The van der Waals surface area contributed by atoms with E-state index in [-0.39, 0.29) is 0 Å². The van der Waals surface area contributed by atoms with Gasteiger partial charge in [0.25, 0.3) is 0 Å². The first-order chi connectivity index (χ1) is 9.91. The van der Waals surface area contributed by atoms with Crippen LogP contribution in [0.3, 0.4) is 0 Å². The van der Waals surface area contributed by atoms with E-state index in [0.717, 1.165) is 5.46 Å². The largest absolute Gasteiger partial charge is 0.497 e. The molecule has 1 saturated heterocycles. The summed E-state index contributed by atoms with van der Waals surface area (Å²) in [5.41, 5.74) is -0.549. The third-order valence-electron chi connectivity index (χ3n) is 3.82. The van der Waals surface area contributed by atoms with Gasteiger partial charge in [-0.2, -0.15) is 0 Å². The van der Waals surface area contributed by atoms with Crippen LogP contribution in [0.4, 0.5) is 9.80 Å². The lowest BCUT2D eigenvalue weighted by Crippen LogP contribution is -2.41. The van der Waals surface area contributed by atoms with Crippen molar-refractivity contribution in [1.29, 1.82) is 0 Å². The van der Waals surface area contributed by atoms with Crippen LogP contribution in [0.1, 0.15) is 48.5 Å². The summed E-state index contributed by atoms with van der Waals surface area (Å²) in [6, 6.07) is 1.90. The lowest BCUT2D eigenvalue weighted by Gasteiger charge is -2.32. The van der Waals surface area contributed by atoms with Crippen LogP contribution in [0, 0.1) is 0 Å². The molecule has 0 aromatic carbocycles. The van der Waals surface area contributed by atoms with Crippen LogP contribution in [0.25, 0.3) is 0 Å². The van der Waals surface area contributed by atoms with E-state index >= 15 is 0 Å². The molecule has 2 heterocycles. The highest BCUT2D eigenvalue weighted by Crippen LogP contribution is 2.37. The summed E-state index contributed by atoms with van der Waals surface area (Å²) in [4.78, 5) is 11.9. The normalized spacial score (nSPS) is 20.0. The Bertz CT molecular complexity index is 546. The molecule has 0 aliphatic carbocycles. The van der Waals surface area contributed by atoms with E-state index in [1.54, 1.807) is 0 Å². The van der Waals surface area contributed by atoms with Crippen LogP contribution in [-0.2, 0) is 14.0 Å². The van der Waals surface area contributed by atoms with E-state index in [4.69, 9.17) is 14.0 Å². The van der Waals surface area contributed by atoms with E-state index in [1.807, 2.05) is 59.9 Å². The van der Waals surface area contributed by atoms with Crippen LogP contribution >= 0.6 is 11.3 Å². The summed E-state index contributed by atoms with van der Waals surface area (Å²) in [7, 11) is -0.499. The van der Waals surface area contributed by atoms with Crippen molar-refractivity contribution in [2.75, 3.05) is 5.32 Å². The van der Waals surface area contributed by atoms with Crippen molar-refractivity contribution in [2.24, 2.45) is 0 Å². The Labute approximate surface area is 136 Å². The summed E-state index contributed by atoms with van der Waals surface area (Å²) in [5.74, 6) is 0. The zero-order valence-electron chi connectivity index (χ0n) is 14.3. The van der Waals surface area contributed by atoms with Gasteiger partial charge in [0.05, 0.1) is 16.2 Å². The predicted molar refractivity (Wildman–Crippen MR) is 89.9 cm³/mol. The molecular weight excluding hydrogens is 301 g/mol. The zero-order valence-corrected chi connectivity index (χ0v) is 15.1. The molecular formula is C15H24BNO4S. The maximum Gasteiger partial charge on any atom is 0.497 e. The number of carbonyl (C=O) groups excluding carboxylic acids is 1. The van der Waals surface area contributed by atoms with Crippen molar-refractivity contribution in [3.63, 3.8) is 0 Å². The molecule has 0 bridgehead atoms. The first-order valence-corrected chi connectivity index (χ1v) is 8.22. The third-order valence-corrected chi connectivity index (χ3v) is 4.66. The van der Waals surface area contributed by atoms with Crippen molar-refractivity contribution in [1.82, 2.24) is 0 Å². The number of hydrogen-bond donors (Lipinski definition) is 1. The van der Waals surface area contributed by atoms with Gasteiger partial charge in [-0.15, -0.1) is 11.3 Å². The molecule has 1 fully saturated rings. The molecule has 0 unspecified atom stereocenters. The van der Waals surface area contributed by atoms with Crippen molar-refractivity contribution in [3.8, 4) is 0 Å². The molecule has 122 valence electrons. The number of carbonyl (C=O) groups is 1. The van der Waals surface area contributed by atoms with Crippen LogP contribution < -0.4 is 10.8 Å². The molecule has 0 spiro atoms. The Morgan fingerprint density at radius 1 is 1.23 bits per heavy atom. The fraction of sp³-hybridized carbons (Fsp3) is 0.667. The minimum atomic E-state index is -0.536. The maximum atomic E-state index is 11.9. The SMILES string of the molecule is CC(C)(C)OC(=O)Nc1sccc1B1OC(C)(C)C(C)(C)O1. The number of thiophene rings is 1. The number of amides is 1. The van der Waals surface area contributed by atoms with Gasteiger partial charge in [-0.3, -0.25) is 5.32 Å². The molecule has 1 aliphatic rings. The van der Waals surface area contributed by atoms with Crippen LogP contribution in [0.15, 0.2) is 11.4 Å². The Balaban J connectivity index is 2.13. The van der Waals surface area contributed by atoms with E-state index in [9.17, 15) is 4.79 Å². The lowest BCUT2D eigenvalue weighted by atomic mass is 9.80. The van der Waals surface area contributed by atoms with Gasteiger partial charge < -0.3 is 14.0 Å². The average Bonchev–Trinajstić information content (AvgIpc) is 2.79. The summed E-state index contributed by atoms with van der Waals surface area (Å²) < 4.78 is 17.3. The highest BCUT2D eigenvalue weighted by Gasteiger charge is 2.52. The first kappa shape index (κ1) is 17.3. The Morgan fingerprint density at radius 3 is 2.27 bits per heavy atom. The highest BCUT2D eigenvalue weighted by molar-refractivity contribution is 7.16. The molecule has 0 saturated carbocycles. The standard InChI is InChI=1S/C15H24BNO4S/c1-13(2,3)19-12(18)17-11-10(8-9-22-11)16-20-14(4,5)15(6,7)21-16/h8-9H,1-7H3,(H,17,18).